The lowest BCUT2D eigenvalue weighted by Gasteiger charge is -2.41. The Balaban J connectivity index is 1.55. The van der Waals surface area contributed by atoms with Gasteiger partial charge >= 0.3 is 5.97 Å². The number of aryl methyl sites for hydroxylation is 1. The van der Waals surface area contributed by atoms with Crippen molar-refractivity contribution < 1.29 is 29.3 Å². The van der Waals surface area contributed by atoms with Gasteiger partial charge in [-0.1, -0.05) is 55.1 Å². The first-order valence-electron chi connectivity index (χ1n) is 12.1. The van der Waals surface area contributed by atoms with E-state index in [9.17, 15) is 14.7 Å². The molecule has 2 aromatic carbocycles. The van der Waals surface area contributed by atoms with Crippen molar-refractivity contribution in [2.45, 2.75) is 50.0 Å². The summed E-state index contributed by atoms with van der Waals surface area (Å²) in [5.41, 5.74) is 3.10. The van der Waals surface area contributed by atoms with Crippen LogP contribution in [0.2, 0.25) is 0 Å². The first kappa shape index (κ1) is 26.9. The van der Waals surface area contributed by atoms with Gasteiger partial charge in [0.25, 0.3) is 0 Å². The van der Waals surface area contributed by atoms with Crippen LogP contribution in [0.1, 0.15) is 48.8 Å². The number of carboxylic acids is 1. The summed E-state index contributed by atoms with van der Waals surface area (Å²) < 4.78 is 14.9. The number of carbonyl (C=O) groups excluding carboxylic acids is 1. The van der Waals surface area contributed by atoms with Gasteiger partial charge in [-0.15, -0.1) is 0 Å². The highest BCUT2D eigenvalue weighted by molar-refractivity contribution is 7.99. The number of amides is 1. The van der Waals surface area contributed by atoms with Gasteiger partial charge in [0.15, 0.2) is 11.4 Å². The molecule has 9 nitrogen and oxygen atoms in total. The molecule has 1 amide bonds. The number of benzene rings is 2. The van der Waals surface area contributed by atoms with E-state index in [1.807, 2.05) is 48.1 Å². The number of rotatable bonds is 10. The highest BCUT2D eigenvalue weighted by Gasteiger charge is 2.38. The summed E-state index contributed by atoms with van der Waals surface area (Å²) >= 11 is 1.62. The molecular formula is C27H31N3O6S. The number of imidazole rings is 1. The van der Waals surface area contributed by atoms with Crippen LogP contribution in [-0.4, -0.2) is 43.5 Å². The predicted molar refractivity (Wildman–Crippen MR) is 139 cm³/mol. The summed E-state index contributed by atoms with van der Waals surface area (Å²) in [5, 5.41) is 21.9. The topological polar surface area (TPSA) is 123 Å². The molecule has 3 aromatic rings. The van der Waals surface area contributed by atoms with E-state index < -0.39 is 12.3 Å². The first-order chi connectivity index (χ1) is 17.8. The standard InChI is InChI=1S/C27H31N3O6S/c1-17-22(16-37-27-28-12-13-30(27)2)35-26(36-25(17)19-8-6-18(15-31)7-9-19)20-4-3-5-21(14-20)29-23(32)10-11-24(33)34/h3-9,12-14,17,22,25-26,31H,10-11,15-16H2,1-2H3,(H,29,32)(H,33,34)/t17-,22+,25+,26+/m0/s1. The van der Waals surface area contributed by atoms with Gasteiger partial charge < -0.3 is 29.6 Å². The Morgan fingerprint density at radius 2 is 1.89 bits per heavy atom. The quantitative estimate of drug-likeness (QED) is 0.335. The number of nitrogens with one attached hydrogen (secondary N) is 1. The molecule has 1 aliphatic heterocycles. The minimum Gasteiger partial charge on any atom is -0.481 e. The number of carboxylic acid groups (broad SMARTS) is 1. The summed E-state index contributed by atoms with van der Waals surface area (Å²) in [6, 6.07) is 14.9. The largest absolute Gasteiger partial charge is 0.481 e. The Kier molecular flexibility index (Phi) is 8.99. The van der Waals surface area contributed by atoms with Crippen molar-refractivity contribution in [2.24, 2.45) is 13.0 Å². The number of aliphatic hydroxyl groups excluding tert-OH is 1. The van der Waals surface area contributed by atoms with Gasteiger partial charge in [-0.25, -0.2) is 4.98 Å². The SMILES string of the molecule is C[C@H]1[C@@H](CSc2nccn2C)O[C@@H](c2cccc(NC(=O)CCC(=O)O)c2)O[C@H]1c1ccc(CO)cc1. The van der Waals surface area contributed by atoms with Crippen LogP contribution in [0.15, 0.2) is 66.1 Å². The molecule has 0 aliphatic carbocycles. The van der Waals surface area contributed by atoms with E-state index in [0.29, 0.717) is 11.4 Å². The zero-order chi connectivity index (χ0) is 26.4. The molecule has 0 bridgehead atoms. The van der Waals surface area contributed by atoms with Gasteiger partial charge in [-0.05, 0) is 23.3 Å². The fraction of sp³-hybridized carbons (Fsp3) is 0.370. The third-order valence-electron chi connectivity index (χ3n) is 6.29. The molecule has 3 N–H and O–H groups in total. The third-order valence-corrected chi connectivity index (χ3v) is 7.43. The lowest BCUT2D eigenvalue weighted by molar-refractivity contribution is -0.268. The smallest absolute Gasteiger partial charge is 0.303 e. The number of hydrogen-bond acceptors (Lipinski definition) is 7. The molecule has 37 heavy (non-hydrogen) atoms. The van der Waals surface area contributed by atoms with Crippen LogP contribution in [0.3, 0.4) is 0 Å². The van der Waals surface area contributed by atoms with Gasteiger partial charge in [0, 0.05) is 48.8 Å². The van der Waals surface area contributed by atoms with E-state index in [1.165, 1.54) is 0 Å². The number of hydrogen-bond donors (Lipinski definition) is 3. The van der Waals surface area contributed by atoms with Gasteiger partial charge in [-0.3, -0.25) is 9.59 Å². The predicted octanol–water partition coefficient (Wildman–Crippen LogP) is 4.30. The monoisotopic (exact) mass is 525 g/mol. The molecule has 0 saturated carbocycles. The molecule has 1 saturated heterocycles. The van der Waals surface area contributed by atoms with Crippen LogP contribution in [0.25, 0.3) is 0 Å². The van der Waals surface area contributed by atoms with Crippen LogP contribution in [0.4, 0.5) is 5.69 Å². The molecule has 0 unspecified atom stereocenters. The van der Waals surface area contributed by atoms with Crippen molar-refractivity contribution in [3.8, 4) is 0 Å². The summed E-state index contributed by atoms with van der Waals surface area (Å²) in [4.78, 5) is 27.3. The average molecular weight is 526 g/mol. The highest BCUT2D eigenvalue weighted by atomic mass is 32.2. The second kappa shape index (κ2) is 12.4. The van der Waals surface area contributed by atoms with Crippen LogP contribution in [0.5, 0.6) is 0 Å². The molecule has 0 radical (unpaired) electrons. The second-order valence-electron chi connectivity index (χ2n) is 9.02. The first-order valence-corrected chi connectivity index (χ1v) is 13.0. The van der Waals surface area contributed by atoms with Crippen LogP contribution < -0.4 is 5.32 Å². The number of ether oxygens (including phenoxy) is 2. The number of aromatic nitrogens is 2. The van der Waals surface area contributed by atoms with Gasteiger partial charge in [0.1, 0.15) is 0 Å². The van der Waals surface area contributed by atoms with Gasteiger partial charge in [0.2, 0.25) is 5.91 Å². The summed E-state index contributed by atoms with van der Waals surface area (Å²) in [5.74, 6) is -0.690. The number of anilines is 1. The lowest BCUT2D eigenvalue weighted by atomic mass is 9.91. The molecule has 1 aromatic heterocycles. The van der Waals surface area contributed by atoms with Crippen LogP contribution >= 0.6 is 11.8 Å². The second-order valence-corrected chi connectivity index (χ2v) is 10.0. The maximum atomic E-state index is 12.1. The maximum absolute atomic E-state index is 12.1. The van der Waals surface area contributed by atoms with Gasteiger partial charge in [-0.2, -0.15) is 0 Å². The number of carbonyl (C=O) groups is 2. The van der Waals surface area contributed by atoms with Crippen LogP contribution in [0, 0.1) is 5.92 Å². The lowest BCUT2D eigenvalue weighted by Crippen LogP contribution is -2.38. The Bertz CT molecular complexity index is 1210. The minimum atomic E-state index is -1.02. The van der Waals surface area contributed by atoms with E-state index in [1.54, 1.807) is 36.2 Å². The summed E-state index contributed by atoms with van der Waals surface area (Å²) in [6.45, 7) is 2.07. The normalized spacial score (nSPS) is 21.5. The van der Waals surface area contributed by atoms with E-state index in [-0.39, 0.29) is 43.5 Å². The Morgan fingerprint density at radius 3 is 2.57 bits per heavy atom. The molecule has 10 heteroatoms. The van der Waals surface area contributed by atoms with Crippen LogP contribution in [-0.2, 0) is 32.7 Å². The molecule has 4 atom stereocenters. The molecule has 1 fully saturated rings. The molecule has 1 aliphatic rings. The number of aliphatic carboxylic acids is 1. The molecular weight excluding hydrogens is 494 g/mol. The Labute approximate surface area is 219 Å². The zero-order valence-corrected chi connectivity index (χ0v) is 21.6. The number of aliphatic hydroxyl groups is 1. The average Bonchev–Trinajstić information content (AvgIpc) is 3.31. The van der Waals surface area contributed by atoms with Crippen molar-refractivity contribution in [1.82, 2.24) is 9.55 Å². The van der Waals surface area contributed by atoms with Crippen molar-refractivity contribution in [3.63, 3.8) is 0 Å². The van der Waals surface area contributed by atoms with E-state index >= 15 is 0 Å². The summed E-state index contributed by atoms with van der Waals surface area (Å²) in [6.07, 6.45) is 2.24. The number of thioether (sulfide) groups is 1. The van der Waals surface area contributed by atoms with Gasteiger partial charge in [0.05, 0.1) is 25.2 Å². The Morgan fingerprint density at radius 1 is 1.11 bits per heavy atom. The highest BCUT2D eigenvalue weighted by Crippen LogP contribution is 2.43. The number of nitrogens with zero attached hydrogens (tertiary/aromatic N) is 2. The summed E-state index contributed by atoms with van der Waals surface area (Å²) in [7, 11) is 1.95. The molecule has 0 spiro atoms. The molecule has 196 valence electrons. The fourth-order valence-electron chi connectivity index (χ4n) is 4.16. The molecule has 2 heterocycles. The van der Waals surface area contributed by atoms with E-state index in [0.717, 1.165) is 21.8 Å². The van der Waals surface area contributed by atoms with E-state index in [4.69, 9.17) is 14.6 Å². The minimum absolute atomic E-state index is 0.0268. The van der Waals surface area contributed by atoms with Crippen molar-refractivity contribution in [3.05, 3.63) is 77.6 Å². The van der Waals surface area contributed by atoms with Crippen molar-refractivity contribution in [1.29, 1.82) is 0 Å². The van der Waals surface area contributed by atoms with Crippen molar-refractivity contribution >= 4 is 29.3 Å². The van der Waals surface area contributed by atoms with Crippen molar-refractivity contribution in [2.75, 3.05) is 11.1 Å². The Hall–Kier alpha value is -3.18. The maximum Gasteiger partial charge on any atom is 0.303 e. The fourth-order valence-corrected chi connectivity index (χ4v) is 5.26. The third kappa shape index (κ3) is 6.98. The molecule has 4 rings (SSSR count). The van der Waals surface area contributed by atoms with E-state index in [2.05, 4.69) is 17.2 Å². The zero-order valence-electron chi connectivity index (χ0n) is 20.7.